The van der Waals surface area contributed by atoms with Gasteiger partial charge in [-0.25, -0.2) is 0 Å². The number of benzene rings is 2. The van der Waals surface area contributed by atoms with Crippen molar-refractivity contribution >= 4 is 23.2 Å². The molecule has 0 atom stereocenters. The Bertz CT molecular complexity index is 753. The molecule has 5 heteroatoms. The molecule has 0 radical (unpaired) electrons. The van der Waals surface area contributed by atoms with Crippen LogP contribution in [0.1, 0.15) is 18.1 Å². The minimum atomic E-state index is -0.114. The monoisotopic (exact) mass is 310 g/mol. The van der Waals surface area contributed by atoms with Crippen molar-refractivity contribution in [2.24, 2.45) is 0 Å². The Balaban J connectivity index is 1.68. The van der Waals surface area contributed by atoms with Crippen molar-refractivity contribution in [2.45, 2.75) is 19.8 Å². The summed E-state index contributed by atoms with van der Waals surface area (Å²) in [4.78, 5) is 25.4. The smallest absolute Gasteiger partial charge is 0.228 e. The average molecular weight is 310 g/mol. The maximum Gasteiger partial charge on any atom is 0.228 e. The van der Waals surface area contributed by atoms with E-state index in [-0.39, 0.29) is 24.0 Å². The molecule has 2 aromatic carbocycles. The van der Waals surface area contributed by atoms with E-state index in [9.17, 15) is 14.7 Å². The molecule has 2 amide bonds. The van der Waals surface area contributed by atoms with Crippen LogP contribution in [0.5, 0.6) is 5.75 Å². The molecule has 1 aliphatic heterocycles. The van der Waals surface area contributed by atoms with Gasteiger partial charge in [0.25, 0.3) is 0 Å². The van der Waals surface area contributed by atoms with Crippen molar-refractivity contribution in [3.05, 3.63) is 53.6 Å². The maximum absolute atomic E-state index is 12.1. The van der Waals surface area contributed by atoms with Crippen molar-refractivity contribution in [1.29, 1.82) is 0 Å². The van der Waals surface area contributed by atoms with E-state index in [0.29, 0.717) is 6.54 Å². The summed E-state index contributed by atoms with van der Waals surface area (Å²) >= 11 is 0. The molecule has 1 heterocycles. The first-order chi connectivity index (χ1) is 11.0. The Kier molecular flexibility index (Phi) is 4.02. The molecule has 0 bridgehead atoms. The number of phenolic OH excluding ortho intramolecular Hbond substituents is 1. The van der Waals surface area contributed by atoms with Gasteiger partial charge < -0.3 is 15.3 Å². The second-order valence-corrected chi connectivity index (χ2v) is 5.66. The van der Waals surface area contributed by atoms with E-state index in [2.05, 4.69) is 5.32 Å². The molecule has 0 unspecified atom stereocenters. The second-order valence-electron chi connectivity index (χ2n) is 5.66. The van der Waals surface area contributed by atoms with Crippen molar-refractivity contribution in [3.8, 4) is 5.75 Å². The number of rotatable bonds is 3. The molecule has 0 saturated heterocycles. The fraction of sp³-hybridized carbons (Fsp3) is 0.222. The predicted octanol–water partition coefficient (Wildman–Crippen LogP) is 2.48. The Hall–Kier alpha value is -2.82. The number of hydrogen-bond donors (Lipinski definition) is 2. The summed E-state index contributed by atoms with van der Waals surface area (Å²) in [6, 6.07) is 12.2. The molecule has 1 aliphatic rings. The SMILES string of the molecule is CC(=O)N1CCc2cc(NC(=O)Cc3ccc(O)cc3)ccc21. The number of aromatic hydroxyl groups is 1. The van der Waals surface area contributed by atoms with E-state index in [4.69, 9.17) is 0 Å². The van der Waals surface area contributed by atoms with Crippen LogP contribution in [0.4, 0.5) is 11.4 Å². The summed E-state index contributed by atoms with van der Waals surface area (Å²) in [5.41, 5.74) is 3.57. The maximum atomic E-state index is 12.1. The Labute approximate surface area is 134 Å². The second kappa shape index (κ2) is 6.12. The summed E-state index contributed by atoms with van der Waals surface area (Å²) < 4.78 is 0. The summed E-state index contributed by atoms with van der Waals surface area (Å²) in [7, 11) is 0. The third-order valence-corrected chi connectivity index (χ3v) is 3.94. The van der Waals surface area contributed by atoms with Crippen molar-refractivity contribution in [1.82, 2.24) is 0 Å². The normalized spacial score (nSPS) is 12.8. The summed E-state index contributed by atoms with van der Waals surface area (Å²) in [6.07, 6.45) is 1.05. The number of phenols is 1. The lowest BCUT2D eigenvalue weighted by Gasteiger charge is -2.15. The van der Waals surface area contributed by atoms with Crippen molar-refractivity contribution in [3.63, 3.8) is 0 Å². The van der Waals surface area contributed by atoms with Gasteiger partial charge in [0, 0.05) is 24.8 Å². The third kappa shape index (κ3) is 3.34. The van der Waals surface area contributed by atoms with Crippen LogP contribution in [0.2, 0.25) is 0 Å². The molecule has 0 fully saturated rings. The van der Waals surface area contributed by atoms with E-state index in [0.717, 1.165) is 28.9 Å². The van der Waals surface area contributed by atoms with Crippen LogP contribution in [-0.4, -0.2) is 23.5 Å². The zero-order chi connectivity index (χ0) is 16.4. The van der Waals surface area contributed by atoms with E-state index in [1.165, 1.54) is 0 Å². The fourth-order valence-electron chi connectivity index (χ4n) is 2.81. The highest BCUT2D eigenvalue weighted by molar-refractivity contribution is 5.96. The van der Waals surface area contributed by atoms with E-state index >= 15 is 0 Å². The van der Waals surface area contributed by atoms with Gasteiger partial charge in [-0.2, -0.15) is 0 Å². The molecule has 2 aromatic rings. The lowest BCUT2D eigenvalue weighted by molar-refractivity contribution is -0.117. The van der Waals surface area contributed by atoms with Gasteiger partial charge in [-0.05, 0) is 47.9 Å². The number of nitrogens with zero attached hydrogens (tertiary/aromatic N) is 1. The predicted molar refractivity (Wildman–Crippen MR) is 88.6 cm³/mol. The fourth-order valence-corrected chi connectivity index (χ4v) is 2.81. The quantitative estimate of drug-likeness (QED) is 0.915. The highest BCUT2D eigenvalue weighted by atomic mass is 16.3. The zero-order valence-corrected chi connectivity index (χ0v) is 12.9. The molecule has 0 aliphatic carbocycles. The molecule has 0 aromatic heterocycles. The van der Waals surface area contributed by atoms with Crippen LogP contribution < -0.4 is 10.2 Å². The van der Waals surface area contributed by atoms with Crippen molar-refractivity contribution in [2.75, 3.05) is 16.8 Å². The number of fused-ring (bicyclic) bond motifs is 1. The molecule has 5 nitrogen and oxygen atoms in total. The Morgan fingerprint density at radius 3 is 2.61 bits per heavy atom. The first kappa shape index (κ1) is 15.1. The molecule has 2 N–H and O–H groups in total. The number of carbonyl (C=O) groups excluding carboxylic acids is 2. The van der Waals surface area contributed by atoms with E-state index in [1.54, 1.807) is 36.1 Å². The number of anilines is 2. The summed E-state index contributed by atoms with van der Waals surface area (Å²) in [5, 5.41) is 12.1. The Morgan fingerprint density at radius 1 is 1.17 bits per heavy atom. The van der Waals surface area contributed by atoms with Crippen LogP contribution >= 0.6 is 0 Å². The van der Waals surface area contributed by atoms with Gasteiger partial charge in [0.05, 0.1) is 6.42 Å². The summed E-state index contributed by atoms with van der Waals surface area (Å²) in [6.45, 7) is 2.25. The van der Waals surface area contributed by atoms with Crippen LogP contribution in [0.15, 0.2) is 42.5 Å². The molecule has 23 heavy (non-hydrogen) atoms. The number of nitrogens with one attached hydrogen (secondary N) is 1. The lowest BCUT2D eigenvalue weighted by atomic mass is 10.1. The highest BCUT2D eigenvalue weighted by Gasteiger charge is 2.22. The lowest BCUT2D eigenvalue weighted by Crippen LogP contribution is -2.25. The first-order valence-corrected chi connectivity index (χ1v) is 7.52. The standard InChI is InChI=1S/C18H18N2O3/c1-12(21)20-9-8-14-11-15(4-7-17(14)20)19-18(23)10-13-2-5-16(22)6-3-13/h2-7,11,22H,8-10H2,1H3,(H,19,23). The van der Waals surface area contributed by atoms with Gasteiger partial charge in [0.15, 0.2) is 0 Å². The molecule has 0 saturated carbocycles. The first-order valence-electron chi connectivity index (χ1n) is 7.52. The molecular weight excluding hydrogens is 292 g/mol. The van der Waals surface area contributed by atoms with Crippen molar-refractivity contribution < 1.29 is 14.7 Å². The highest BCUT2D eigenvalue weighted by Crippen LogP contribution is 2.30. The molecule has 118 valence electrons. The number of amides is 2. The zero-order valence-electron chi connectivity index (χ0n) is 12.9. The van der Waals surface area contributed by atoms with Gasteiger partial charge in [-0.3, -0.25) is 9.59 Å². The third-order valence-electron chi connectivity index (χ3n) is 3.94. The van der Waals surface area contributed by atoms with Gasteiger partial charge in [-0.15, -0.1) is 0 Å². The summed E-state index contributed by atoms with van der Waals surface area (Å²) in [5.74, 6) is 0.104. The minimum Gasteiger partial charge on any atom is -0.508 e. The van der Waals surface area contributed by atoms with Gasteiger partial charge in [0.1, 0.15) is 5.75 Å². The number of hydrogen-bond acceptors (Lipinski definition) is 3. The van der Waals surface area contributed by atoms with E-state index in [1.807, 2.05) is 18.2 Å². The molecule has 3 rings (SSSR count). The van der Waals surface area contributed by atoms with Gasteiger partial charge in [-0.1, -0.05) is 12.1 Å². The van der Waals surface area contributed by atoms with Crippen LogP contribution in [-0.2, 0) is 22.4 Å². The Morgan fingerprint density at radius 2 is 1.91 bits per heavy atom. The van der Waals surface area contributed by atoms with Gasteiger partial charge in [0.2, 0.25) is 11.8 Å². The van der Waals surface area contributed by atoms with Gasteiger partial charge >= 0.3 is 0 Å². The largest absolute Gasteiger partial charge is 0.508 e. The molecule has 0 spiro atoms. The van der Waals surface area contributed by atoms with Crippen LogP contribution in [0, 0.1) is 0 Å². The van der Waals surface area contributed by atoms with Crippen LogP contribution in [0.3, 0.4) is 0 Å². The minimum absolute atomic E-state index is 0.0351. The van der Waals surface area contributed by atoms with E-state index < -0.39 is 0 Å². The average Bonchev–Trinajstić information content (AvgIpc) is 2.93. The topological polar surface area (TPSA) is 69.6 Å². The molecular formula is C18H18N2O3. The van der Waals surface area contributed by atoms with Crippen LogP contribution in [0.25, 0.3) is 0 Å². The number of carbonyl (C=O) groups is 2.